The fourth-order valence-electron chi connectivity index (χ4n) is 2.64. The molecule has 0 saturated heterocycles. The Balaban J connectivity index is 1.40. The minimum Gasteiger partial charge on any atom is -0.309 e. The molecule has 0 atom stereocenters. The quantitative estimate of drug-likeness (QED) is 0.582. The highest BCUT2D eigenvalue weighted by Crippen LogP contribution is 2.17. The Morgan fingerprint density at radius 2 is 1.93 bits per heavy atom. The van der Waals surface area contributed by atoms with Crippen LogP contribution in [0.4, 0.5) is 5.82 Å². The van der Waals surface area contributed by atoms with Crippen molar-refractivity contribution in [2.24, 2.45) is 7.05 Å². The van der Waals surface area contributed by atoms with Gasteiger partial charge in [-0.05, 0) is 18.2 Å². The number of nitrogens with one attached hydrogen (secondary N) is 1. The van der Waals surface area contributed by atoms with Crippen LogP contribution in [0.15, 0.2) is 61.6 Å². The molecule has 134 valence electrons. The van der Waals surface area contributed by atoms with Gasteiger partial charge in [0, 0.05) is 49.2 Å². The van der Waals surface area contributed by atoms with Gasteiger partial charge in [-0.1, -0.05) is 0 Å². The summed E-state index contributed by atoms with van der Waals surface area (Å²) in [6.45, 7) is 0.0887. The van der Waals surface area contributed by atoms with E-state index in [1.165, 1.54) is 0 Å². The lowest BCUT2D eigenvalue weighted by atomic mass is 10.2. The fourth-order valence-corrected chi connectivity index (χ4v) is 2.64. The summed E-state index contributed by atoms with van der Waals surface area (Å²) in [5, 5.41) is 11.1. The summed E-state index contributed by atoms with van der Waals surface area (Å²) in [4.78, 5) is 24.7. The molecule has 4 heterocycles. The van der Waals surface area contributed by atoms with Crippen molar-refractivity contribution in [3.05, 3.63) is 61.6 Å². The third-order valence-corrected chi connectivity index (χ3v) is 3.95. The van der Waals surface area contributed by atoms with E-state index in [1.807, 2.05) is 19.2 Å². The molecule has 0 aliphatic rings. The van der Waals surface area contributed by atoms with E-state index in [0.29, 0.717) is 5.82 Å². The smallest absolute Gasteiger partial charge is 0.247 e. The highest BCUT2D eigenvalue weighted by atomic mass is 16.2. The second kappa shape index (κ2) is 7.16. The zero-order chi connectivity index (χ0) is 18.6. The molecule has 0 bridgehead atoms. The number of rotatable bonds is 5. The van der Waals surface area contributed by atoms with Crippen LogP contribution >= 0.6 is 0 Å². The fraction of sp³-hybridized carbons (Fsp3) is 0.111. The Morgan fingerprint density at radius 3 is 2.63 bits per heavy atom. The maximum absolute atomic E-state index is 12.2. The number of hydrogen-bond acceptors (Lipinski definition) is 6. The van der Waals surface area contributed by atoms with Crippen molar-refractivity contribution in [2.45, 2.75) is 6.54 Å². The highest BCUT2D eigenvalue weighted by molar-refractivity contribution is 5.89. The van der Waals surface area contributed by atoms with E-state index in [0.717, 1.165) is 22.5 Å². The van der Waals surface area contributed by atoms with E-state index < -0.39 is 0 Å². The molecule has 0 saturated carbocycles. The number of nitrogens with zero attached hydrogens (tertiary/aromatic N) is 7. The number of pyridine rings is 1. The number of anilines is 1. The van der Waals surface area contributed by atoms with Gasteiger partial charge in [-0.3, -0.25) is 24.1 Å². The van der Waals surface area contributed by atoms with Crippen molar-refractivity contribution < 1.29 is 4.79 Å². The second-order valence-electron chi connectivity index (χ2n) is 5.84. The van der Waals surface area contributed by atoms with E-state index in [9.17, 15) is 4.79 Å². The van der Waals surface area contributed by atoms with Crippen LogP contribution in [0.1, 0.15) is 0 Å². The normalized spacial score (nSPS) is 10.7. The zero-order valence-corrected chi connectivity index (χ0v) is 14.5. The number of aryl methyl sites for hydroxylation is 1. The molecule has 0 aliphatic heterocycles. The van der Waals surface area contributed by atoms with Gasteiger partial charge >= 0.3 is 0 Å². The van der Waals surface area contributed by atoms with Crippen LogP contribution in [0.2, 0.25) is 0 Å². The van der Waals surface area contributed by atoms with Crippen molar-refractivity contribution in [3.8, 4) is 22.5 Å². The van der Waals surface area contributed by atoms with Gasteiger partial charge in [-0.15, -0.1) is 0 Å². The van der Waals surface area contributed by atoms with E-state index in [1.54, 1.807) is 58.8 Å². The van der Waals surface area contributed by atoms with Crippen molar-refractivity contribution in [2.75, 3.05) is 5.32 Å². The summed E-state index contributed by atoms with van der Waals surface area (Å²) in [7, 11) is 1.86. The largest absolute Gasteiger partial charge is 0.309 e. The van der Waals surface area contributed by atoms with Gasteiger partial charge in [0.2, 0.25) is 5.91 Å². The summed E-state index contributed by atoms with van der Waals surface area (Å²) in [5.41, 5.74) is 3.38. The summed E-state index contributed by atoms with van der Waals surface area (Å²) in [6, 6.07) is 5.46. The maximum Gasteiger partial charge on any atom is 0.247 e. The molecule has 9 nitrogen and oxygen atoms in total. The van der Waals surface area contributed by atoms with Gasteiger partial charge in [-0.25, -0.2) is 4.98 Å². The first kappa shape index (κ1) is 16.6. The number of hydrogen-bond donors (Lipinski definition) is 1. The lowest BCUT2D eigenvalue weighted by Crippen LogP contribution is -2.19. The first-order valence-electron chi connectivity index (χ1n) is 8.22. The van der Waals surface area contributed by atoms with E-state index >= 15 is 0 Å². The molecule has 0 spiro atoms. The van der Waals surface area contributed by atoms with Crippen LogP contribution in [-0.4, -0.2) is 40.4 Å². The van der Waals surface area contributed by atoms with E-state index in [4.69, 9.17) is 0 Å². The minimum absolute atomic E-state index is 0.0887. The summed E-state index contributed by atoms with van der Waals surface area (Å²) in [5.74, 6) is 0.251. The first-order chi connectivity index (χ1) is 13.2. The lowest BCUT2D eigenvalue weighted by molar-refractivity contribution is -0.116. The molecule has 0 radical (unpaired) electrons. The molecule has 4 rings (SSSR count). The van der Waals surface area contributed by atoms with Gasteiger partial charge < -0.3 is 5.32 Å². The number of carbonyl (C=O) groups excluding carboxylic acids is 1. The standard InChI is InChI=1S/C18H16N8O/c1-25-16(4-5-22-25)14-9-23-26(11-14)12-18(27)24-17-3-2-13(8-21-17)15-10-19-6-7-20-15/h2-11H,12H2,1H3,(H,21,24,27). The third-order valence-electron chi connectivity index (χ3n) is 3.95. The van der Waals surface area contributed by atoms with Gasteiger partial charge in [0.25, 0.3) is 0 Å². The Bertz CT molecular complexity index is 1050. The Morgan fingerprint density at radius 1 is 1.00 bits per heavy atom. The van der Waals surface area contributed by atoms with Gasteiger partial charge in [0.05, 0.1) is 23.8 Å². The lowest BCUT2D eigenvalue weighted by Gasteiger charge is -2.05. The average Bonchev–Trinajstić information content (AvgIpc) is 3.31. The second-order valence-corrected chi connectivity index (χ2v) is 5.84. The van der Waals surface area contributed by atoms with Crippen LogP contribution < -0.4 is 5.32 Å². The average molecular weight is 360 g/mol. The van der Waals surface area contributed by atoms with Crippen molar-refractivity contribution in [1.29, 1.82) is 0 Å². The minimum atomic E-state index is -0.214. The molecule has 1 amide bonds. The number of carbonyl (C=O) groups is 1. The van der Waals surface area contributed by atoms with Crippen LogP contribution in [-0.2, 0) is 18.4 Å². The first-order valence-corrected chi connectivity index (χ1v) is 8.22. The van der Waals surface area contributed by atoms with Crippen LogP contribution in [0.5, 0.6) is 0 Å². The van der Waals surface area contributed by atoms with Gasteiger partial charge in [0.1, 0.15) is 12.4 Å². The third kappa shape index (κ3) is 3.71. The number of amides is 1. The maximum atomic E-state index is 12.2. The molecular formula is C18H16N8O. The Hall–Kier alpha value is -3.88. The number of aromatic nitrogens is 7. The molecule has 0 unspecified atom stereocenters. The summed E-state index contributed by atoms with van der Waals surface area (Å²) < 4.78 is 3.33. The monoisotopic (exact) mass is 360 g/mol. The van der Waals surface area contributed by atoms with E-state index in [-0.39, 0.29) is 12.5 Å². The summed E-state index contributed by atoms with van der Waals surface area (Å²) >= 11 is 0. The molecule has 27 heavy (non-hydrogen) atoms. The Labute approximate surface area is 154 Å². The molecule has 0 aliphatic carbocycles. The van der Waals surface area contributed by atoms with Crippen molar-refractivity contribution in [1.82, 2.24) is 34.5 Å². The molecule has 4 aromatic heterocycles. The highest BCUT2D eigenvalue weighted by Gasteiger charge is 2.09. The van der Waals surface area contributed by atoms with Crippen LogP contribution in [0.25, 0.3) is 22.5 Å². The van der Waals surface area contributed by atoms with Crippen LogP contribution in [0, 0.1) is 0 Å². The molecule has 4 aromatic rings. The van der Waals surface area contributed by atoms with Crippen molar-refractivity contribution >= 4 is 11.7 Å². The zero-order valence-electron chi connectivity index (χ0n) is 14.5. The Kier molecular flexibility index (Phi) is 4.40. The van der Waals surface area contributed by atoms with E-state index in [2.05, 4.69) is 30.5 Å². The topological polar surface area (TPSA) is 103 Å². The van der Waals surface area contributed by atoms with Gasteiger partial charge in [0.15, 0.2) is 0 Å². The molecule has 9 heteroatoms. The van der Waals surface area contributed by atoms with Gasteiger partial charge in [-0.2, -0.15) is 10.2 Å². The molecule has 0 fully saturated rings. The van der Waals surface area contributed by atoms with Crippen LogP contribution in [0.3, 0.4) is 0 Å². The molecule has 0 aromatic carbocycles. The molecule has 1 N–H and O–H groups in total. The summed E-state index contributed by atoms with van der Waals surface area (Å²) in [6.07, 6.45) is 11.8. The predicted octanol–water partition coefficient (Wildman–Crippen LogP) is 1.77. The van der Waals surface area contributed by atoms with Crippen molar-refractivity contribution in [3.63, 3.8) is 0 Å². The molecular weight excluding hydrogens is 344 g/mol. The SMILES string of the molecule is Cn1nccc1-c1cnn(CC(=O)Nc2ccc(-c3cnccn3)cn2)c1. The predicted molar refractivity (Wildman–Crippen MR) is 98.3 cm³/mol.